The van der Waals surface area contributed by atoms with E-state index in [2.05, 4.69) is 61.2 Å². The summed E-state index contributed by atoms with van der Waals surface area (Å²) in [5.41, 5.74) is 1.07. The second-order valence-corrected chi connectivity index (χ2v) is 4.89. The van der Waals surface area contributed by atoms with Crippen molar-refractivity contribution in [3.8, 4) is 0 Å². The zero-order valence-electron chi connectivity index (χ0n) is 11.4. The number of hydrogen-bond donors (Lipinski definition) is 0. The van der Waals surface area contributed by atoms with Gasteiger partial charge < -0.3 is 29.6 Å². The molecule has 0 saturated carbocycles. The van der Waals surface area contributed by atoms with Crippen molar-refractivity contribution < 1.29 is 52.2 Å². The number of halogens is 3. The molecule has 22 heavy (non-hydrogen) atoms. The molecule has 0 spiro atoms. The Morgan fingerprint density at radius 1 is 1.23 bits per heavy atom. The summed E-state index contributed by atoms with van der Waals surface area (Å²) in [7, 11) is 4.17. The van der Waals surface area contributed by atoms with Gasteiger partial charge in [-0.15, -0.1) is 12.5 Å². The molecule has 1 nitrogen and oxygen atoms in total. The Bertz CT molecular complexity index is 690. The fourth-order valence-corrected chi connectivity index (χ4v) is 2.46. The first-order valence-electron chi connectivity index (χ1n) is 6.02. The van der Waals surface area contributed by atoms with Gasteiger partial charge in [0.2, 0.25) is 0 Å². The molecule has 1 unspecified atom stereocenters. The quantitative estimate of drug-likeness (QED) is 0.282. The standard InChI is InChI=1S/C11H6BrO.C5H5.2ClH.S.Zr/c12-10-6-8-5-7-3-1-2-4-9(7)11(8)13-10;1-2-4-5-3-1;;;;/h1-5,10H;1-3H,4H2;2*1H;;/q2*-1;;;;+2/p-2. The Morgan fingerprint density at radius 3 is 2.55 bits per heavy atom. The van der Waals surface area contributed by atoms with Gasteiger partial charge in [0.1, 0.15) is 5.01 Å². The second kappa shape index (κ2) is 11.6. The molecule has 4 rings (SSSR count). The first-order valence-corrected chi connectivity index (χ1v) is 10.4. The molecule has 114 valence electrons. The van der Waals surface area contributed by atoms with Gasteiger partial charge in [-0.05, 0) is 5.22 Å². The zero-order valence-corrected chi connectivity index (χ0v) is 17.7. The second-order valence-electron chi connectivity index (χ2n) is 4.06. The van der Waals surface area contributed by atoms with Crippen LogP contribution in [0, 0.1) is 12.2 Å². The summed E-state index contributed by atoms with van der Waals surface area (Å²) < 4.78 is 5.57. The monoisotopic (exact) mass is 490 g/mol. The molecular formula is C16H11BrCl2OSZr-2. The third-order valence-corrected chi connectivity index (χ3v) is 3.24. The number of benzene rings is 1. The molecule has 0 aromatic heterocycles. The van der Waals surface area contributed by atoms with Crippen LogP contribution in [0.15, 0.2) is 48.1 Å². The van der Waals surface area contributed by atoms with Crippen LogP contribution in [0.1, 0.15) is 6.42 Å². The van der Waals surface area contributed by atoms with E-state index in [1.165, 1.54) is 10.4 Å². The van der Waals surface area contributed by atoms with Crippen molar-refractivity contribution in [2.24, 2.45) is 0 Å². The number of hydrogen-bond acceptors (Lipinski definition) is 2. The normalized spacial score (nSPS) is 17.9. The summed E-state index contributed by atoms with van der Waals surface area (Å²) in [6, 6.07) is 8.21. The van der Waals surface area contributed by atoms with E-state index in [1.54, 1.807) is 0 Å². The first-order chi connectivity index (χ1) is 9.84. The Labute approximate surface area is 169 Å². The van der Waals surface area contributed by atoms with Crippen molar-refractivity contribution in [2.45, 2.75) is 11.4 Å². The summed E-state index contributed by atoms with van der Waals surface area (Å²) >= 11 is 4.48. The molecule has 3 aliphatic rings. The van der Waals surface area contributed by atoms with E-state index in [4.69, 9.17) is 4.74 Å². The predicted octanol–water partition coefficient (Wildman–Crippen LogP) is -2.97. The number of ether oxygens (including phenoxy) is 1. The van der Waals surface area contributed by atoms with Gasteiger partial charge in [0.25, 0.3) is 0 Å². The van der Waals surface area contributed by atoms with Crippen LogP contribution in [0.2, 0.25) is 0 Å². The van der Waals surface area contributed by atoms with Crippen molar-refractivity contribution >= 4 is 36.6 Å². The van der Waals surface area contributed by atoms with Crippen molar-refractivity contribution in [3.05, 3.63) is 70.7 Å². The van der Waals surface area contributed by atoms with E-state index in [0.717, 1.165) is 40.4 Å². The van der Waals surface area contributed by atoms with Crippen LogP contribution >= 0.6 is 24.8 Å². The Kier molecular flexibility index (Phi) is 11.7. The van der Waals surface area contributed by atoms with Crippen LogP contribution in [-0.4, -0.2) is 5.01 Å². The number of rotatable bonds is 0. The van der Waals surface area contributed by atoms with Crippen LogP contribution < -0.4 is 35.3 Å². The van der Waals surface area contributed by atoms with Gasteiger partial charge in [0.15, 0.2) is 0 Å². The zero-order chi connectivity index (χ0) is 14.4. The van der Waals surface area contributed by atoms with Crippen LogP contribution in [0.5, 0.6) is 0 Å². The number of allylic oxidation sites excluding steroid dienone is 4. The summed E-state index contributed by atoms with van der Waals surface area (Å²) in [6.45, 7) is 0. The molecule has 0 N–H and O–H groups in total. The maximum absolute atomic E-state index is 5.57. The maximum atomic E-state index is 5.57. The van der Waals surface area contributed by atoms with Crippen LogP contribution in [0.3, 0.4) is 0 Å². The summed E-state index contributed by atoms with van der Waals surface area (Å²) in [4.78, 5) is 0. The average molecular weight is 493 g/mol. The molecule has 2 aliphatic carbocycles. The van der Waals surface area contributed by atoms with Crippen molar-refractivity contribution in [1.29, 1.82) is 0 Å². The molecule has 6 heteroatoms. The van der Waals surface area contributed by atoms with Gasteiger partial charge in [-0.1, -0.05) is 45.4 Å². The van der Waals surface area contributed by atoms with Gasteiger partial charge in [0, 0.05) is 5.76 Å². The molecule has 1 heterocycles. The van der Waals surface area contributed by atoms with Crippen LogP contribution in [0.25, 0.3) is 11.8 Å². The van der Waals surface area contributed by atoms with E-state index in [0.29, 0.717) is 0 Å². The first kappa shape index (κ1) is 22.1. The molecule has 0 amide bonds. The Balaban J connectivity index is 0.000000422. The van der Waals surface area contributed by atoms with Crippen molar-refractivity contribution in [1.82, 2.24) is 0 Å². The van der Waals surface area contributed by atoms with E-state index in [1.807, 2.05) is 24.3 Å². The average Bonchev–Trinajstić information content (AvgIpc) is 3.18. The number of fused-ring (bicyclic) bond motifs is 2. The third-order valence-electron chi connectivity index (χ3n) is 2.83. The fraction of sp³-hybridized carbons (Fsp3) is 0.125. The summed E-state index contributed by atoms with van der Waals surface area (Å²) in [6.07, 6.45) is 15.3. The van der Waals surface area contributed by atoms with E-state index < -0.39 is 0 Å². The van der Waals surface area contributed by atoms with Gasteiger partial charge in [-0.3, -0.25) is 6.08 Å². The van der Waals surface area contributed by atoms with Crippen molar-refractivity contribution in [2.75, 3.05) is 0 Å². The molecule has 0 fully saturated rings. The minimum atomic E-state index is -0.0814. The molecule has 1 aromatic rings. The molecular weight excluding hydrogens is 482 g/mol. The summed E-state index contributed by atoms with van der Waals surface area (Å²) in [5.74, 6) is 0.956. The van der Waals surface area contributed by atoms with Gasteiger partial charge >= 0.3 is 31.5 Å². The molecule has 1 aromatic carbocycles. The molecule has 0 saturated heterocycles. The Hall–Kier alpha value is 0.143. The molecule has 0 bridgehead atoms. The number of alkyl halides is 1. The predicted molar refractivity (Wildman–Crippen MR) is 83.3 cm³/mol. The van der Waals surface area contributed by atoms with Gasteiger partial charge in [-0.25, -0.2) is 12.2 Å². The SMILES string of the molecule is BrC1[C-]=C2C=c3ccccc3=C2O1.[C-]1=CC=CC1.[Cl-].[Cl-].[S]=[Zr+2]. The van der Waals surface area contributed by atoms with Gasteiger partial charge in [0.05, 0.1) is 0 Å². The van der Waals surface area contributed by atoms with E-state index in [-0.39, 0.29) is 29.8 Å². The van der Waals surface area contributed by atoms with E-state index in [9.17, 15) is 0 Å². The molecule has 1 atom stereocenters. The fourth-order valence-electron chi connectivity index (χ4n) is 2.03. The van der Waals surface area contributed by atoms with E-state index >= 15 is 0 Å². The molecule has 0 radical (unpaired) electrons. The minimum absolute atomic E-state index is 0. The van der Waals surface area contributed by atoms with Crippen LogP contribution in [0.4, 0.5) is 0 Å². The Morgan fingerprint density at radius 2 is 1.95 bits per heavy atom. The van der Waals surface area contributed by atoms with Crippen molar-refractivity contribution in [3.63, 3.8) is 0 Å². The van der Waals surface area contributed by atoms with Gasteiger partial charge in [-0.2, -0.15) is 17.7 Å². The van der Waals surface area contributed by atoms with Crippen LogP contribution in [-0.2, 0) is 27.4 Å². The summed E-state index contributed by atoms with van der Waals surface area (Å²) in [5, 5.41) is 2.31. The molecule has 1 aliphatic heterocycles. The third kappa shape index (κ3) is 5.65. The topological polar surface area (TPSA) is 9.23 Å².